The molecule has 0 radical (unpaired) electrons. The van der Waals surface area contributed by atoms with Crippen LogP contribution >= 0.6 is 7.60 Å². The van der Waals surface area contributed by atoms with Crippen molar-refractivity contribution in [2.75, 3.05) is 19.8 Å². The third-order valence-corrected chi connectivity index (χ3v) is 7.89. The maximum atomic E-state index is 12.6. The van der Waals surface area contributed by atoms with Crippen LogP contribution in [0.5, 0.6) is 5.75 Å². The zero-order valence-electron chi connectivity index (χ0n) is 18.4. The SMILES string of the molecule is CCCCOc1ccc(S(=O)(=O)NCc2ccc(CP(=O)(OCC)OCC)cc2)cc1. The molecule has 0 unspecified atom stereocenters. The van der Waals surface area contributed by atoms with Crippen LogP contribution in [0.1, 0.15) is 44.7 Å². The summed E-state index contributed by atoms with van der Waals surface area (Å²) in [6, 6.07) is 13.6. The molecule has 7 nitrogen and oxygen atoms in total. The summed E-state index contributed by atoms with van der Waals surface area (Å²) in [5, 5.41) is 0. The molecule has 0 saturated carbocycles. The van der Waals surface area contributed by atoms with Gasteiger partial charge in [-0.25, -0.2) is 13.1 Å². The Morgan fingerprint density at radius 1 is 0.871 bits per heavy atom. The Hall–Kier alpha value is -1.70. The van der Waals surface area contributed by atoms with Crippen LogP contribution in [0.2, 0.25) is 0 Å². The Morgan fingerprint density at radius 3 is 2.00 bits per heavy atom. The van der Waals surface area contributed by atoms with E-state index in [1.54, 1.807) is 50.2 Å². The Kier molecular flexibility index (Phi) is 10.2. The number of hydrogen-bond donors (Lipinski definition) is 1. The highest BCUT2D eigenvalue weighted by Gasteiger charge is 2.24. The average molecular weight is 470 g/mol. The molecule has 172 valence electrons. The fourth-order valence-electron chi connectivity index (χ4n) is 2.82. The summed E-state index contributed by atoms with van der Waals surface area (Å²) >= 11 is 0. The summed E-state index contributed by atoms with van der Waals surface area (Å²) in [7, 11) is -6.82. The maximum absolute atomic E-state index is 12.6. The average Bonchev–Trinajstić information content (AvgIpc) is 2.74. The predicted octanol–water partition coefficient (Wildman–Crippen LogP) is 5.11. The summed E-state index contributed by atoms with van der Waals surface area (Å²) in [6.07, 6.45) is 2.16. The number of unbranched alkanes of at least 4 members (excludes halogenated alkanes) is 1. The molecule has 0 atom stereocenters. The van der Waals surface area contributed by atoms with Crippen molar-refractivity contribution in [2.24, 2.45) is 0 Å². The fraction of sp³-hybridized carbons (Fsp3) is 0.455. The van der Waals surface area contributed by atoms with Gasteiger partial charge in [0.2, 0.25) is 10.0 Å². The highest BCUT2D eigenvalue weighted by Crippen LogP contribution is 2.51. The minimum Gasteiger partial charge on any atom is -0.494 e. The van der Waals surface area contributed by atoms with E-state index < -0.39 is 17.6 Å². The van der Waals surface area contributed by atoms with Gasteiger partial charge < -0.3 is 13.8 Å². The highest BCUT2D eigenvalue weighted by atomic mass is 32.2. The van der Waals surface area contributed by atoms with Gasteiger partial charge in [-0.1, -0.05) is 37.6 Å². The zero-order valence-corrected chi connectivity index (χ0v) is 20.1. The van der Waals surface area contributed by atoms with Gasteiger partial charge in [0, 0.05) is 6.54 Å². The van der Waals surface area contributed by atoms with Crippen LogP contribution in [-0.4, -0.2) is 28.2 Å². The van der Waals surface area contributed by atoms with Gasteiger partial charge in [0.15, 0.2) is 0 Å². The van der Waals surface area contributed by atoms with Gasteiger partial charge in [-0.15, -0.1) is 0 Å². The maximum Gasteiger partial charge on any atom is 0.335 e. The molecule has 0 aliphatic heterocycles. The Bertz CT molecular complexity index is 935. The van der Waals surface area contributed by atoms with Crippen molar-refractivity contribution in [1.29, 1.82) is 0 Å². The van der Waals surface area contributed by atoms with Crippen LogP contribution in [0.25, 0.3) is 0 Å². The van der Waals surface area contributed by atoms with Crippen molar-refractivity contribution in [3.05, 3.63) is 59.7 Å². The zero-order chi connectivity index (χ0) is 22.7. The van der Waals surface area contributed by atoms with Crippen molar-refractivity contribution >= 4 is 17.6 Å². The van der Waals surface area contributed by atoms with Gasteiger partial charge in [0.1, 0.15) is 5.75 Å². The molecule has 0 bridgehead atoms. The van der Waals surface area contributed by atoms with Crippen LogP contribution < -0.4 is 9.46 Å². The van der Waals surface area contributed by atoms with Crippen molar-refractivity contribution < 1.29 is 26.8 Å². The normalized spacial score (nSPS) is 12.1. The second kappa shape index (κ2) is 12.4. The van der Waals surface area contributed by atoms with E-state index in [2.05, 4.69) is 11.6 Å². The number of ether oxygens (including phenoxy) is 1. The van der Waals surface area contributed by atoms with Crippen LogP contribution in [0, 0.1) is 0 Å². The number of hydrogen-bond acceptors (Lipinski definition) is 6. The second-order valence-electron chi connectivity index (χ2n) is 6.92. The van der Waals surface area contributed by atoms with Crippen molar-refractivity contribution in [3.8, 4) is 5.75 Å². The monoisotopic (exact) mass is 469 g/mol. The molecular weight excluding hydrogens is 437 g/mol. The van der Waals surface area contributed by atoms with E-state index in [4.69, 9.17) is 13.8 Å². The Labute approximate surface area is 185 Å². The molecule has 2 aromatic rings. The van der Waals surface area contributed by atoms with Gasteiger partial charge in [0.05, 0.1) is 30.9 Å². The van der Waals surface area contributed by atoms with Gasteiger partial charge in [-0.2, -0.15) is 0 Å². The number of nitrogens with one attached hydrogen (secondary N) is 1. The van der Waals surface area contributed by atoms with Crippen LogP contribution in [-0.2, 0) is 36.3 Å². The van der Waals surface area contributed by atoms with Crippen LogP contribution in [0.15, 0.2) is 53.4 Å². The molecular formula is C22H32NO6PS. The smallest absolute Gasteiger partial charge is 0.335 e. The Morgan fingerprint density at radius 2 is 1.45 bits per heavy atom. The minimum absolute atomic E-state index is 0.145. The number of sulfonamides is 1. The summed E-state index contributed by atoms with van der Waals surface area (Å²) in [5.74, 6) is 0.652. The highest BCUT2D eigenvalue weighted by molar-refractivity contribution is 7.89. The first-order valence-electron chi connectivity index (χ1n) is 10.5. The molecule has 31 heavy (non-hydrogen) atoms. The molecule has 0 heterocycles. The molecule has 9 heteroatoms. The van der Waals surface area contributed by atoms with Crippen molar-refractivity contribution in [1.82, 2.24) is 4.72 Å². The second-order valence-corrected chi connectivity index (χ2v) is 10.7. The molecule has 0 fully saturated rings. The molecule has 0 aliphatic rings. The lowest BCUT2D eigenvalue weighted by molar-refractivity contribution is 0.219. The van der Waals surface area contributed by atoms with E-state index in [0.29, 0.717) is 25.6 Å². The van der Waals surface area contributed by atoms with Gasteiger partial charge in [-0.05, 0) is 55.7 Å². The first-order chi connectivity index (χ1) is 14.8. The topological polar surface area (TPSA) is 90.9 Å². The minimum atomic E-state index is -3.64. The quantitative estimate of drug-likeness (QED) is 0.305. The third kappa shape index (κ3) is 8.39. The lowest BCUT2D eigenvalue weighted by Crippen LogP contribution is -2.23. The predicted molar refractivity (Wildman–Crippen MR) is 122 cm³/mol. The van der Waals surface area contributed by atoms with E-state index >= 15 is 0 Å². The van der Waals surface area contributed by atoms with E-state index in [1.165, 1.54) is 12.1 Å². The van der Waals surface area contributed by atoms with E-state index in [1.807, 2.05) is 0 Å². The first kappa shape index (κ1) is 25.6. The van der Waals surface area contributed by atoms with Crippen LogP contribution in [0.3, 0.4) is 0 Å². The number of benzene rings is 2. The van der Waals surface area contributed by atoms with E-state index in [-0.39, 0.29) is 17.6 Å². The lowest BCUT2D eigenvalue weighted by Gasteiger charge is -2.17. The summed E-state index contributed by atoms with van der Waals surface area (Å²) < 4.78 is 56.5. The standard InChI is InChI=1S/C22H32NO6PS/c1-4-7-16-27-21-12-14-22(15-13-21)31(25,26)23-17-19-8-10-20(11-9-19)18-30(24,28-5-2)29-6-3/h8-15,23H,4-7,16-18H2,1-3H3. The van der Waals surface area contributed by atoms with Gasteiger partial charge >= 0.3 is 7.60 Å². The molecule has 1 N–H and O–H groups in total. The molecule has 0 saturated heterocycles. The molecule has 0 amide bonds. The number of rotatable bonds is 14. The first-order valence-corrected chi connectivity index (χ1v) is 13.7. The van der Waals surface area contributed by atoms with Crippen molar-refractivity contribution in [2.45, 2.75) is 51.2 Å². The van der Waals surface area contributed by atoms with Crippen LogP contribution in [0.4, 0.5) is 0 Å². The van der Waals surface area contributed by atoms with Gasteiger partial charge in [-0.3, -0.25) is 4.57 Å². The molecule has 2 aromatic carbocycles. The van der Waals surface area contributed by atoms with E-state index in [0.717, 1.165) is 24.0 Å². The Balaban J connectivity index is 1.95. The summed E-state index contributed by atoms with van der Waals surface area (Å²) in [6.45, 7) is 7.00. The molecule has 0 aliphatic carbocycles. The summed E-state index contributed by atoms with van der Waals surface area (Å²) in [5.41, 5.74) is 1.59. The van der Waals surface area contributed by atoms with Gasteiger partial charge in [0.25, 0.3) is 0 Å². The molecule has 0 spiro atoms. The van der Waals surface area contributed by atoms with Crippen molar-refractivity contribution in [3.63, 3.8) is 0 Å². The summed E-state index contributed by atoms with van der Waals surface area (Å²) in [4.78, 5) is 0.182. The largest absolute Gasteiger partial charge is 0.494 e. The molecule has 0 aromatic heterocycles. The fourth-order valence-corrected chi connectivity index (χ4v) is 5.54. The van der Waals surface area contributed by atoms with E-state index in [9.17, 15) is 13.0 Å². The third-order valence-electron chi connectivity index (χ3n) is 4.42. The molecule has 2 rings (SSSR count). The lowest BCUT2D eigenvalue weighted by atomic mass is 10.1.